The fourth-order valence-corrected chi connectivity index (χ4v) is 4.15. The second kappa shape index (κ2) is 6.42. The van der Waals surface area contributed by atoms with Crippen molar-refractivity contribution in [3.63, 3.8) is 0 Å². The summed E-state index contributed by atoms with van der Waals surface area (Å²) < 4.78 is 23.9. The van der Waals surface area contributed by atoms with Crippen molar-refractivity contribution >= 4 is 8.80 Å². The van der Waals surface area contributed by atoms with Gasteiger partial charge in [-0.05, 0) is 45.4 Å². The minimum atomic E-state index is -3.26. The van der Waals surface area contributed by atoms with Gasteiger partial charge in [0.05, 0.1) is 0 Å². The Morgan fingerprint density at radius 1 is 1.06 bits per heavy atom. The monoisotopic (exact) mass is 272 g/mol. The van der Waals surface area contributed by atoms with Crippen LogP contribution in [0.2, 0.25) is 0 Å². The Hall–Kier alpha value is -0.753. The van der Waals surface area contributed by atoms with E-state index >= 15 is 0 Å². The lowest BCUT2D eigenvalue weighted by atomic mass is 10.2. The van der Waals surface area contributed by atoms with Crippen molar-refractivity contribution in [2.45, 2.75) is 45.9 Å². The molecule has 0 radical (unpaired) electrons. The molecule has 1 rings (SSSR count). The summed E-state index contributed by atoms with van der Waals surface area (Å²) in [5.74, 6) is -0.293. The Kier molecular flexibility index (Phi) is 5.46. The molecule has 0 atom stereocenters. The van der Waals surface area contributed by atoms with Gasteiger partial charge < -0.3 is 13.6 Å². The molecule has 102 valence electrons. The molecule has 0 saturated heterocycles. The molecular formula is C13H21FO3Si. The highest BCUT2D eigenvalue weighted by Crippen LogP contribution is 2.17. The first-order valence-electron chi connectivity index (χ1n) is 6.13. The molecule has 1 aromatic carbocycles. The van der Waals surface area contributed by atoms with E-state index in [-0.39, 0.29) is 18.0 Å². The first kappa shape index (κ1) is 15.3. The maximum absolute atomic E-state index is 12.8. The van der Waals surface area contributed by atoms with Gasteiger partial charge >= 0.3 is 8.80 Å². The lowest BCUT2D eigenvalue weighted by Crippen LogP contribution is -2.48. The lowest BCUT2D eigenvalue weighted by Gasteiger charge is -2.28. The quantitative estimate of drug-likeness (QED) is 0.809. The molecule has 0 bridgehead atoms. The Balaban J connectivity index is 2.80. The Labute approximate surface area is 109 Å². The van der Waals surface area contributed by atoms with Gasteiger partial charge in [0.1, 0.15) is 5.82 Å². The zero-order valence-corrected chi connectivity index (χ0v) is 12.3. The third-order valence-corrected chi connectivity index (χ3v) is 4.71. The van der Waals surface area contributed by atoms with Crippen LogP contribution in [0.5, 0.6) is 0 Å². The third kappa shape index (κ3) is 5.26. The molecule has 0 aliphatic rings. The molecule has 0 heterocycles. The molecule has 0 spiro atoms. The van der Waals surface area contributed by atoms with Crippen molar-refractivity contribution in [2.75, 3.05) is 0 Å². The Morgan fingerprint density at radius 3 is 1.89 bits per heavy atom. The van der Waals surface area contributed by atoms with Crippen LogP contribution in [0.4, 0.5) is 4.39 Å². The summed E-state index contributed by atoms with van der Waals surface area (Å²) in [6.45, 7) is 7.41. The summed E-state index contributed by atoms with van der Waals surface area (Å²) in [4.78, 5) is 10.5. The number of halogens is 1. The highest BCUT2D eigenvalue weighted by molar-refractivity contribution is 6.58. The number of rotatable bonds is 6. The van der Waals surface area contributed by atoms with E-state index < -0.39 is 8.80 Å². The van der Waals surface area contributed by atoms with Crippen LogP contribution in [-0.2, 0) is 14.9 Å². The van der Waals surface area contributed by atoms with E-state index in [4.69, 9.17) is 8.85 Å². The van der Waals surface area contributed by atoms with Gasteiger partial charge in [0.2, 0.25) is 0 Å². The van der Waals surface area contributed by atoms with Gasteiger partial charge in [0.15, 0.2) is 0 Å². The molecule has 0 aromatic heterocycles. The summed E-state index contributed by atoms with van der Waals surface area (Å²) in [5, 5.41) is 0. The Morgan fingerprint density at radius 2 is 1.50 bits per heavy atom. The fourth-order valence-electron chi connectivity index (χ4n) is 1.71. The van der Waals surface area contributed by atoms with Gasteiger partial charge in [0, 0.05) is 18.3 Å². The van der Waals surface area contributed by atoms with E-state index in [2.05, 4.69) is 0 Å². The van der Waals surface area contributed by atoms with E-state index in [1.54, 1.807) is 12.1 Å². The maximum atomic E-state index is 12.8. The highest BCUT2D eigenvalue weighted by Gasteiger charge is 2.39. The Bertz CT molecular complexity index is 355. The molecule has 0 aliphatic carbocycles. The standard InChI is InChI=1S/C13H21FO3Si/c1-10(2)16-18(15,17-11(3)4)9-12-5-7-13(14)8-6-12/h5-8,10-11,15H,9H2,1-4H3. The first-order chi connectivity index (χ1) is 8.31. The van der Waals surface area contributed by atoms with Crippen LogP contribution in [0.15, 0.2) is 24.3 Å². The second-order valence-corrected chi connectivity index (χ2v) is 7.10. The number of benzene rings is 1. The molecule has 0 unspecified atom stereocenters. The van der Waals surface area contributed by atoms with Crippen molar-refractivity contribution in [1.29, 1.82) is 0 Å². The first-order valence-corrected chi connectivity index (χ1v) is 8.10. The van der Waals surface area contributed by atoms with Gasteiger partial charge in [-0.15, -0.1) is 0 Å². The van der Waals surface area contributed by atoms with Gasteiger partial charge in [-0.1, -0.05) is 12.1 Å². The van der Waals surface area contributed by atoms with Crippen LogP contribution >= 0.6 is 0 Å². The predicted molar refractivity (Wildman–Crippen MR) is 70.5 cm³/mol. The van der Waals surface area contributed by atoms with Gasteiger partial charge in [-0.25, -0.2) is 4.39 Å². The van der Waals surface area contributed by atoms with Gasteiger partial charge in [0.25, 0.3) is 0 Å². The van der Waals surface area contributed by atoms with Crippen LogP contribution in [-0.4, -0.2) is 25.8 Å². The summed E-state index contributed by atoms with van der Waals surface area (Å²) in [6, 6.07) is 6.31. The smallest absolute Gasteiger partial charge is 0.389 e. The molecular weight excluding hydrogens is 251 g/mol. The van der Waals surface area contributed by atoms with Crippen molar-refractivity contribution in [2.24, 2.45) is 0 Å². The summed E-state index contributed by atoms with van der Waals surface area (Å²) in [7, 11) is -3.26. The van der Waals surface area contributed by atoms with Crippen molar-refractivity contribution in [3.05, 3.63) is 35.6 Å². The minimum Gasteiger partial charge on any atom is -0.389 e. The maximum Gasteiger partial charge on any atom is 0.503 e. The fraction of sp³-hybridized carbons (Fsp3) is 0.538. The van der Waals surface area contributed by atoms with E-state index in [0.29, 0.717) is 6.04 Å². The molecule has 0 saturated carbocycles. The van der Waals surface area contributed by atoms with Crippen LogP contribution in [0.3, 0.4) is 0 Å². The van der Waals surface area contributed by atoms with Crippen LogP contribution in [0.1, 0.15) is 33.3 Å². The van der Waals surface area contributed by atoms with E-state index in [1.807, 2.05) is 27.7 Å². The van der Waals surface area contributed by atoms with E-state index in [0.717, 1.165) is 5.56 Å². The topological polar surface area (TPSA) is 38.7 Å². The zero-order valence-electron chi connectivity index (χ0n) is 11.3. The van der Waals surface area contributed by atoms with Gasteiger partial charge in [-0.2, -0.15) is 0 Å². The SMILES string of the molecule is CC(C)O[Si](O)(Cc1ccc(F)cc1)OC(C)C. The molecule has 0 fully saturated rings. The van der Waals surface area contributed by atoms with Crippen LogP contribution in [0, 0.1) is 5.82 Å². The third-order valence-electron chi connectivity index (χ3n) is 2.18. The summed E-state index contributed by atoms with van der Waals surface area (Å²) >= 11 is 0. The normalized spacial score (nSPS) is 12.4. The largest absolute Gasteiger partial charge is 0.503 e. The lowest BCUT2D eigenvalue weighted by molar-refractivity contribution is 0.0469. The highest BCUT2D eigenvalue weighted by atomic mass is 28.4. The summed E-state index contributed by atoms with van der Waals surface area (Å²) in [6.07, 6.45) is -0.221. The molecule has 0 aliphatic heterocycles. The zero-order chi connectivity index (χ0) is 13.8. The molecule has 5 heteroatoms. The van der Waals surface area contributed by atoms with Crippen LogP contribution in [0.25, 0.3) is 0 Å². The minimum absolute atomic E-state index is 0.110. The average Bonchev–Trinajstić information content (AvgIpc) is 2.18. The van der Waals surface area contributed by atoms with Crippen molar-refractivity contribution < 1.29 is 18.0 Å². The van der Waals surface area contributed by atoms with Crippen LogP contribution < -0.4 is 0 Å². The second-order valence-electron chi connectivity index (χ2n) is 4.85. The molecule has 0 amide bonds. The van der Waals surface area contributed by atoms with E-state index in [1.165, 1.54) is 12.1 Å². The van der Waals surface area contributed by atoms with Crippen molar-refractivity contribution in [1.82, 2.24) is 0 Å². The molecule has 18 heavy (non-hydrogen) atoms. The molecule has 1 N–H and O–H groups in total. The van der Waals surface area contributed by atoms with Crippen molar-refractivity contribution in [3.8, 4) is 0 Å². The van der Waals surface area contributed by atoms with Gasteiger partial charge in [-0.3, -0.25) is 0 Å². The number of hydrogen-bond donors (Lipinski definition) is 1. The van der Waals surface area contributed by atoms with E-state index in [9.17, 15) is 9.19 Å². The average molecular weight is 272 g/mol. The summed E-state index contributed by atoms with van der Waals surface area (Å²) in [5.41, 5.74) is 0.812. The molecule has 1 aromatic rings. The predicted octanol–water partition coefficient (Wildman–Crippen LogP) is 2.69. The molecule has 3 nitrogen and oxygen atoms in total. The number of hydrogen-bond acceptors (Lipinski definition) is 3.